The van der Waals surface area contributed by atoms with Crippen molar-refractivity contribution in [3.63, 3.8) is 0 Å². The van der Waals surface area contributed by atoms with Crippen molar-refractivity contribution in [1.82, 2.24) is 0 Å². The summed E-state index contributed by atoms with van der Waals surface area (Å²) in [6, 6.07) is 10.4. The van der Waals surface area contributed by atoms with Crippen LogP contribution in [0.1, 0.15) is 15.9 Å². The van der Waals surface area contributed by atoms with Crippen molar-refractivity contribution in [2.45, 2.75) is 6.61 Å². The smallest absolute Gasteiger partial charge is 0.340 e. The molecule has 0 radical (unpaired) electrons. The average molecular weight is 367 g/mol. The van der Waals surface area contributed by atoms with Crippen LogP contribution in [0.2, 0.25) is 0 Å². The number of hydrogen-bond acceptors (Lipinski definition) is 5. The van der Waals surface area contributed by atoms with E-state index in [4.69, 9.17) is 9.47 Å². The number of sulfonamides is 1. The largest absolute Gasteiger partial charge is 0.494 e. The number of halogens is 1. The van der Waals surface area contributed by atoms with Gasteiger partial charge in [0.15, 0.2) is 11.6 Å². The molecule has 0 bridgehead atoms. The van der Waals surface area contributed by atoms with E-state index in [1.54, 1.807) is 18.2 Å². The first kappa shape index (κ1) is 18.7. The van der Waals surface area contributed by atoms with Gasteiger partial charge in [-0.3, -0.25) is 4.31 Å². The zero-order valence-electron chi connectivity index (χ0n) is 14.0. The molecule has 0 aliphatic rings. The Morgan fingerprint density at radius 3 is 2.48 bits per heavy atom. The number of nitrogens with zero attached hydrogens (tertiary/aromatic N) is 1. The Kier molecular flexibility index (Phi) is 5.63. The summed E-state index contributed by atoms with van der Waals surface area (Å²) >= 11 is 0. The normalized spacial score (nSPS) is 11.0. The summed E-state index contributed by atoms with van der Waals surface area (Å²) in [5.74, 6) is -1.18. The Bertz CT molecular complexity index is 882. The van der Waals surface area contributed by atoms with Crippen molar-refractivity contribution in [2.24, 2.45) is 0 Å². The molecule has 25 heavy (non-hydrogen) atoms. The van der Waals surface area contributed by atoms with Gasteiger partial charge in [-0.15, -0.1) is 0 Å². The van der Waals surface area contributed by atoms with Gasteiger partial charge in [0.2, 0.25) is 10.0 Å². The molecule has 0 fully saturated rings. The Balaban J connectivity index is 2.18. The van der Waals surface area contributed by atoms with Gasteiger partial charge in [-0.2, -0.15) is 0 Å². The third kappa shape index (κ3) is 4.48. The van der Waals surface area contributed by atoms with Crippen LogP contribution in [0, 0.1) is 5.82 Å². The second-order valence-electron chi connectivity index (χ2n) is 5.29. The van der Waals surface area contributed by atoms with Crippen LogP contribution in [0.3, 0.4) is 0 Å². The van der Waals surface area contributed by atoms with Crippen molar-refractivity contribution >= 4 is 21.7 Å². The van der Waals surface area contributed by atoms with Crippen LogP contribution in [-0.4, -0.2) is 34.8 Å². The molecular formula is C17H18FNO5S. The first-order valence-corrected chi connectivity index (χ1v) is 9.11. The summed E-state index contributed by atoms with van der Waals surface area (Å²) in [7, 11) is -0.828. The number of carbonyl (C=O) groups excluding carboxylic acids is 1. The molecule has 2 aromatic rings. The summed E-state index contributed by atoms with van der Waals surface area (Å²) < 4.78 is 48.1. The molecule has 0 aliphatic carbocycles. The number of methoxy groups -OCH3 is 1. The van der Waals surface area contributed by atoms with Gasteiger partial charge in [-0.05, 0) is 29.8 Å². The SMILES string of the molecule is COc1ccc(COC(=O)c2ccccc2N(C)S(C)(=O)=O)cc1F. The molecule has 0 atom stereocenters. The quantitative estimate of drug-likeness (QED) is 0.734. The van der Waals surface area contributed by atoms with Crippen LogP contribution in [-0.2, 0) is 21.4 Å². The van der Waals surface area contributed by atoms with E-state index >= 15 is 0 Å². The highest BCUT2D eigenvalue weighted by Gasteiger charge is 2.20. The average Bonchev–Trinajstić information content (AvgIpc) is 2.58. The molecule has 2 rings (SSSR count). The molecule has 0 saturated heterocycles. The number of rotatable bonds is 6. The lowest BCUT2D eigenvalue weighted by molar-refractivity contribution is 0.0473. The number of hydrogen-bond donors (Lipinski definition) is 0. The van der Waals surface area contributed by atoms with E-state index in [1.807, 2.05) is 0 Å². The second kappa shape index (κ2) is 7.52. The molecule has 0 unspecified atom stereocenters. The van der Waals surface area contributed by atoms with Crippen molar-refractivity contribution in [3.8, 4) is 5.75 Å². The Hall–Kier alpha value is -2.61. The topological polar surface area (TPSA) is 72.9 Å². The maximum atomic E-state index is 13.7. The van der Waals surface area contributed by atoms with Crippen molar-refractivity contribution in [2.75, 3.05) is 24.7 Å². The predicted molar refractivity (Wildman–Crippen MR) is 91.8 cm³/mol. The fraction of sp³-hybridized carbons (Fsp3) is 0.235. The van der Waals surface area contributed by atoms with Gasteiger partial charge in [0.25, 0.3) is 0 Å². The predicted octanol–water partition coefficient (Wildman–Crippen LogP) is 2.59. The van der Waals surface area contributed by atoms with Gasteiger partial charge >= 0.3 is 5.97 Å². The zero-order chi connectivity index (χ0) is 18.6. The Labute approximate surface area is 145 Å². The Morgan fingerprint density at radius 2 is 1.88 bits per heavy atom. The van der Waals surface area contributed by atoms with E-state index in [0.717, 1.165) is 10.6 Å². The molecule has 0 heterocycles. The molecule has 2 aromatic carbocycles. The summed E-state index contributed by atoms with van der Waals surface area (Å²) in [5, 5.41) is 0. The van der Waals surface area contributed by atoms with E-state index in [2.05, 4.69) is 0 Å². The van der Waals surface area contributed by atoms with Crippen LogP contribution in [0.25, 0.3) is 0 Å². The van der Waals surface area contributed by atoms with Gasteiger partial charge in [0.05, 0.1) is 24.6 Å². The highest BCUT2D eigenvalue weighted by atomic mass is 32.2. The number of ether oxygens (including phenoxy) is 2. The maximum Gasteiger partial charge on any atom is 0.340 e. The number of para-hydroxylation sites is 1. The first-order valence-electron chi connectivity index (χ1n) is 7.26. The molecule has 0 saturated carbocycles. The number of benzene rings is 2. The van der Waals surface area contributed by atoms with E-state index in [-0.39, 0.29) is 23.6 Å². The fourth-order valence-electron chi connectivity index (χ4n) is 2.13. The summed E-state index contributed by atoms with van der Waals surface area (Å²) in [5.41, 5.74) is 0.751. The molecule has 6 nitrogen and oxygen atoms in total. The third-order valence-corrected chi connectivity index (χ3v) is 4.74. The molecule has 0 spiro atoms. The summed E-state index contributed by atoms with van der Waals surface area (Å²) in [6.45, 7) is -0.156. The van der Waals surface area contributed by atoms with Gasteiger partial charge in [-0.25, -0.2) is 17.6 Å². The second-order valence-corrected chi connectivity index (χ2v) is 7.31. The minimum Gasteiger partial charge on any atom is -0.494 e. The monoisotopic (exact) mass is 367 g/mol. The van der Waals surface area contributed by atoms with Gasteiger partial charge in [-0.1, -0.05) is 18.2 Å². The van der Waals surface area contributed by atoms with E-state index in [9.17, 15) is 17.6 Å². The van der Waals surface area contributed by atoms with Crippen LogP contribution in [0.15, 0.2) is 42.5 Å². The lowest BCUT2D eigenvalue weighted by Crippen LogP contribution is -2.26. The number of anilines is 1. The molecule has 0 aliphatic heterocycles. The molecule has 8 heteroatoms. The van der Waals surface area contributed by atoms with E-state index < -0.39 is 21.8 Å². The zero-order valence-corrected chi connectivity index (χ0v) is 14.8. The molecule has 0 amide bonds. The summed E-state index contributed by atoms with van der Waals surface area (Å²) in [6.07, 6.45) is 1.04. The minimum absolute atomic E-state index is 0.0928. The van der Waals surface area contributed by atoms with Crippen molar-refractivity contribution in [1.29, 1.82) is 0 Å². The highest BCUT2D eigenvalue weighted by Crippen LogP contribution is 2.23. The van der Waals surface area contributed by atoms with Crippen LogP contribution in [0.5, 0.6) is 5.75 Å². The van der Waals surface area contributed by atoms with Crippen LogP contribution >= 0.6 is 0 Å². The van der Waals surface area contributed by atoms with Gasteiger partial charge in [0.1, 0.15) is 6.61 Å². The van der Waals surface area contributed by atoms with Gasteiger partial charge in [0, 0.05) is 7.05 Å². The fourth-order valence-corrected chi connectivity index (χ4v) is 2.64. The summed E-state index contributed by atoms with van der Waals surface area (Å²) in [4.78, 5) is 12.3. The van der Waals surface area contributed by atoms with Gasteiger partial charge < -0.3 is 9.47 Å². The number of esters is 1. The van der Waals surface area contributed by atoms with Crippen LogP contribution < -0.4 is 9.04 Å². The number of carbonyl (C=O) groups is 1. The lowest BCUT2D eigenvalue weighted by Gasteiger charge is -2.19. The third-order valence-electron chi connectivity index (χ3n) is 3.55. The molecular weight excluding hydrogens is 349 g/mol. The van der Waals surface area contributed by atoms with Crippen molar-refractivity contribution in [3.05, 3.63) is 59.4 Å². The maximum absolute atomic E-state index is 13.7. The molecule has 0 aromatic heterocycles. The minimum atomic E-state index is -3.53. The first-order chi connectivity index (χ1) is 11.7. The molecule has 134 valence electrons. The van der Waals surface area contributed by atoms with Crippen molar-refractivity contribution < 1.29 is 27.1 Å². The molecule has 0 N–H and O–H groups in total. The van der Waals surface area contributed by atoms with Crippen LogP contribution in [0.4, 0.5) is 10.1 Å². The standard InChI is InChI=1S/C17H18FNO5S/c1-19(25(3,21)22)15-7-5-4-6-13(15)17(20)24-11-12-8-9-16(23-2)14(18)10-12/h4-10H,11H2,1-3H3. The lowest BCUT2D eigenvalue weighted by atomic mass is 10.2. The van der Waals surface area contributed by atoms with E-state index in [0.29, 0.717) is 5.56 Å². The highest BCUT2D eigenvalue weighted by molar-refractivity contribution is 7.92. The Morgan fingerprint density at radius 1 is 1.20 bits per heavy atom. The van der Waals surface area contributed by atoms with E-state index in [1.165, 1.54) is 38.4 Å².